The molecule has 0 aliphatic carbocycles. The Bertz CT molecular complexity index is 451. The van der Waals surface area contributed by atoms with E-state index in [-0.39, 0.29) is 6.42 Å². The molecule has 0 fully saturated rings. The molecule has 0 aliphatic heterocycles. The van der Waals surface area contributed by atoms with Gasteiger partial charge in [0, 0.05) is 9.13 Å². The zero-order chi connectivity index (χ0) is 15.1. The lowest BCUT2D eigenvalue weighted by molar-refractivity contribution is -0.376. The molecule has 1 rings (SSSR count). The molecule has 1 nitrogen and oxygen atoms in total. The predicted molar refractivity (Wildman–Crippen MR) is 64.5 cm³/mol. The summed E-state index contributed by atoms with van der Waals surface area (Å²) >= 11 is 1.80. The van der Waals surface area contributed by atoms with Crippen molar-refractivity contribution in [3.63, 3.8) is 0 Å². The third-order valence-corrected chi connectivity index (χ3v) is 3.72. The molecule has 0 aliphatic rings. The van der Waals surface area contributed by atoms with Crippen molar-refractivity contribution < 1.29 is 31.4 Å². The lowest BCUT2D eigenvalue weighted by Gasteiger charge is -2.33. The van der Waals surface area contributed by atoms with Crippen LogP contribution in [-0.4, -0.2) is 17.5 Å². The number of hydrogen-bond donors (Lipinski definition) is 1. The molecule has 108 valence electrons. The molecule has 0 unspecified atom stereocenters. The molecule has 0 spiro atoms. The van der Waals surface area contributed by atoms with Crippen LogP contribution in [0.3, 0.4) is 0 Å². The highest BCUT2D eigenvalue weighted by Crippen LogP contribution is 2.50. The number of rotatable bonds is 2. The Morgan fingerprint density at radius 2 is 1.53 bits per heavy atom. The van der Waals surface area contributed by atoms with Crippen molar-refractivity contribution >= 4 is 22.6 Å². The lowest BCUT2D eigenvalue weighted by atomic mass is 9.90. The Morgan fingerprint density at radius 1 is 1.05 bits per heavy atom. The van der Waals surface area contributed by atoms with Crippen molar-refractivity contribution in [2.24, 2.45) is 0 Å². The Hall–Kier alpha value is -0.510. The van der Waals surface area contributed by atoms with Gasteiger partial charge in [-0.1, -0.05) is 19.1 Å². The van der Waals surface area contributed by atoms with Gasteiger partial charge < -0.3 is 5.11 Å². The number of aliphatic hydroxyl groups is 1. The highest BCUT2D eigenvalue weighted by molar-refractivity contribution is 14.1. The first-order valence-corrected chi connectivity index (χ1v) is 6.17. The van der Waals surface area contributed by atoms with Crippen LogP contribution in [0.25, 0.3) is 0 Å². The highest BCUT2D eigenvalue weighted by Gasteiger charge is 2.71. The van der Waals surface area contributed by atoms with Crippen LogP contribution in [0, 0.1) is 3.57 Å². The quantitative estimate of drug-likeness (QED) is 0.586. The molecule has 0 saturated carbocycles. The van der Waals surface area contributed by atoms with Crippen LogP contribution in [0.1, 0.15) is 18.1 Å². The lowest BCUT2D eigenvalue weighted by Crippen LogP contribution is -2.54. The van der Waals surface area contributed by atoms with E-state index in [1.807, 2.05) is 0 Å². The number of hydrogen-bond acceptors (Lipinski definition) is 1. The topological polar surface area (TPSA) is 20.2 Å². The Morgan fingerprint density at radius 3 is 1.89 bits per heavy atom. The second kappa shape index (κ2) is 5.12. The van der Waals surface area contributed by atoms with Crippen LogP contribution in [0.4, 0.5) is 26.3 Å². The molecular weight excluding hydrogens is 389 g/mol. The van der Waals surface area contributed by atoms with Gasteiger partial charge in [0.15, 0.2) is 0 Å². The van der Waals surface area contributed by atoms with E-state index in [2.05, 4.69) is 0 Å². The van der Waals surface area contributed by atoms with Crippen molar-refractivity contribution in [2.45, 2.75) is 31.3 Å². The normalized spacial score (nSPS) is 13.7. The van der Waals surface area contributed by atoms with Gasteiger partial charge in [0.1, 0.15) is 0 Å². The molecule has 0 atom stereocenters. The molecule has 8 heteroatoms. The molecule has 0 radical (unpaired) electrons. The standard InChI is InChI=1S/C11H9F6IO/c1-2-6-5-7(3-4-8(6)18)9(19,10(12,13)14)11(15,16)17/h3-5,19H,2H2,1H3. The average molecular weight is 398 g/mol. The summed E-state index contributed by atoms with van der Waals surface area (Å²) in [6, 6.07) is 2.50. The van der Waals surface area contributed by atoms with Crippen LogP contribution < -0.4 is 0 Å². The van der Waals surface area contributed by atoms with Crippen molar-refractivity contribution in [2.75, 3.05) is 0 Å². The van der Waals surface area contributed by atoms with Crippen molar-refractivity contribution in [3.05, 3.63) is 32.9 Å². The van der Waals surface area contributed by atoms with E-state index in [0.29, 0.717) is 15.2 Å². The van der Waals surface area contributed by atoms with Crippen LogP contribution >= 0.6 is 22.6 Å². The molecule has 1 aromatic carbocycles. The summed E-state index contributed by atoms with van der Waals surface area (Å²) in [5.41, 5.74) is -5.76. The van der Waals surface area contributed by atoms with Gasteiger partial charge in [-0.3, -0.25) is 0 Å². The molecule has 0 saturated heterocycles. The number of aryl methyl sites for hydroxylation is 1. The van der Waals surface area contributed by atoms with Gasteiger partial charge in [-0.25, -0.2) is 0 Å². The largest absolute Gasteiger partial charge is 0.430 e. The molecule has 1 aromatic rings. The minimum absolute atomic E-state index is 0.262. The van der Waals surface area contributed by atoms with Gasteiger partial charge in [-0.15, -0.1) is 0 Å². The Kier molecular flexibility index (Phi) is 4.45. The Labute approximate surface area is 118 Å². The maximum Gasteiger partial charge on any atom is 0.430 e. The molecule has 0 amide bonds. The van der Waals surface area contributed by atoms with Gasteiger partial charge in [0.2, 0.25) is 0 Å². The summed E-state index contributed by atoms with van der Waals surface area (Å²) < 4.78 is 76.4. The fourth-order valence-electron chi connectivity index (χ4n) is 1.56. The summed E-state index contributed by atoms with van der Waals surface area (Å²) in [6.07, 6.45) is -11.4. The van der Waals surface area contributed by atoms with Gasteiger partial charge >= 0.3 is 12.4 Å². The first-order chi connectivity index (χ1) is 8.45. The number of benzene rings is 1. The molecule has 0 bridgehead atoms. The average Bonchev–Trinajstić information content (AvgIpc) is 2.25. The minimum Gasteiger partial charge on any atom is -0.369 e. The third kappa shape index (κ3) is 2.83. The van der Waals surface area contributed by atoms with Gasteiger partial charge in [0.25, 0.3) is 5.60 Å². The summed E-state index contributed by atoms with van der Waals surface area (Å²) in [4.78, 5) is 0. The summed E-state index contributed by atoms with van der Waals surface area (Å²) in [5, 5.41) is 9.21. The molecular formula is C11H9F6IO. The maximum absolute atomic E-state index is 12.7. The van der Waals surface area contributed by atoms with Gasteiger partial charge in [-0.2, -0.15) is 26.3 Å². The van der Waals surface area contributed by atoms with E-state index in [1.54, 1.807) is 29.5 Å². The molecule has 19 heavy (non-hydrogen) atoms. The summed E-state index contributed by atoms with van der Waals surface area (Å²) in [6.45, 7) is 1.60. The molecule has 0 aromatic heterocycles. The smallest absolute Gasteiger partial charge is 0.369 e. The predicted octanol–water partition coefficient (Wildman–Crippen LogP) is 4.17. The zero-order valence-corrected chi connectivity index (χ0v) is 11.7. The van der Waals surface area contributed by atoms with E-state index >= 15 is 0 Å². The first-order valence-electron chi connectivity index (χ1n) is 5.10. The van der Waals surface area contributed by atoms with E-state index < -0.39 is 23.5 Å². The maximum atomic E-state index is 12.7. The van der Waals surface area contributed by atoms with Crippen LogP contribution in [0.5, 0.6) is 0 Å². The van der Waals surface area contributed by atoms with Crippen LogP contribution in [0.15, 0.2) is 18.2 Å². The first kappa shape index (κ1) is 16.5. The highest BCUT2D eigenvalue weighted by atomic mass is 127. The molecule has 0 heterocycles. The van der Waals surface area contributed by atoms with Crippen molar-refractivity contribution in [1.29, 1.82) is 0 Å². The van der Waals surface area contributed by atoms with Crippen molar-refractivity contribution in [3.8, 4) is 0 Å². The second-order valence-electron chi connectivity index (χ2n) is 3.87. The monoisotopic (exact) mass is 398 g/mol. The SMILES string of the molecule is CCc1cc(C(O)(C(F)(F)F)C(F)(F)F)ccc1I. The van der Waals surface area contributed by atoms with Crippen LogP contribution in [-0.2, 0) is 12.0 Å². The number of alkyl halides is 6. The Balaban J connectivity index is 3.52. The van der Waals surface area contributed by atoms with E-state index in [9.17, 15) is 31.4 Å². The van der Waals surface area contributed by atoms with E-state index in [4.69, 9.17) is 0 Å². The zero-order valence-electron chi connectivity index (χ0n) is 9.53. The second-order valence-corrected chi connectivity index (χ2v) is 5.03. The molecule has 1 N–H and O–H groups in total. The van der Waals surface area contributed by atoms with Gasteiger partial charge in [0.05, 0.1) is 0 Å². The minimum atomic E-state index is -5.84. The van der Waals surface area contributed by atoms with E-state index in [1.165, 1.54) is 0 Å². The van der Waals surface area contributed by atoms with Crippen molar-refractivity contribution in [1.82, 2.24) is 0 Å². The van der Waals surface area contributed by atoms with Gasteiger partial charge in [-0.05, 0) is 40.6 Å². The fourth-order valence-corrected chi connectivity index (χ4v) is 2.28. The van der Waals surface area contributed by atoms with Crippen LogP contribution in [0.2, 0.25) is 0 Å². The van der Waals surface area contributed by atoms with E-state index in [0.717, 1.165) is 12.1 Å². The summed E-state index contributed by atoms with van der Waals surface area (Å²) in [7, 11) is 0. The fraction of sp³-hybridized carbons (Fsp3) is 0.455. The number of halogens is 7. The third-order valence-electron chi connectivity index (χ3n) is 2.66. The summed E-state index contributed by atoms with van der Waals surface area (Å²) in [5.74, 6) is 0.